The predicted octanol–water partition coefficient (Wildman–Crippen LogP) is 0.911. The molecule has 0 amide bonds. The molecule has 1 aliphatic carbocycles. The molecule has 0 saturated heterocycles. The fourth-order valence-corrected chi connectivity index (χ4v) is 2.46. The maximum absolute atomic E-state index is 11.7. The molecule has 0 aromatic heterocycles. The number of carbonyl (C=O) groups is 1. The number of hydrogen-bond acceptors (Lipinski definition) is 3. The van der Waals surface area contributed by atoms with Crippen LogP contribution in [0.15, 0.2) is 12.1 Å². The second kappa shape index (κ2) is 4.35. The highest BCUT2D eigenvalue weighted by atomic mass is 35.5. The SMILES string of the molecule is [B]c1ccc(C(=O)OC)c(C2(CN)CC2)c1Cl. The molecular formula is C12H13BClNO2. The molecule has 2 N–H and O–H groups in total. The largest absolute Gasteiger partial charge is 0.465 e. The normalized spacial score (nSPS) is 16.6. The molecule has 1 aliphatic rings. The molecule has 0 spiro atoms. The van der Waals surface area contributed by atoms with Crippen molar-refractivity contribution in [3.8, 4) is 0 Å². The van der Waals surface area contributed by atoms with Crippen LogP contribution in [0.5, 0.6) is 0 Å². The third-order valence-electron chi connectivity index (χ3n) is 3.35. The molecule has 1 saturated carbocycles. The van der Waals surface area contributed by atoms with Crippen molar-refractivity contribution in [3.05, 3.63) is 28.3 Å². The minimum absolute atomic E-state index is 0.198. The number of carbonyl (C=O) groups excluding carboxylic acids is 1. The lowest BCUT2D eigenvalue weighted by atomic mass is 9.84. The highest BCUT2D eigenvalue weighted by Gasteiger charge is 2.46. The van der Waals surface area contributed by atoms with E-state index in [1.54, 1.807) is 12.1 Å². The zero-order valence-corrected chi connectivity index (χ0v) is 10.4. The Hall–Kier alpha value is -0.995. The molecule has 0 bridgehead atoms. The van der Waals surface area contributed by atoms with Crippen LogP contribution in [0.1, 0.15) is 28.8 Å². The summed E-state index contributed by atoms with van der Waals surface area (Å²) in [5.41, 5.74) is 7.26. The number of hydrogen-bond donors (Lipinski definition) is 1. The summed E-state index contributed by atoms with van der Waals surface area (Å²) in [7, 11) is 7.13. The predicted molar refractivity (Wildman–Crippen MR) is 68.1 cm³/mol. The van der Waals surface area contributed by atoms with Gasteiger partial charge in [0.15, 0.2) is 0 Å². The average molecular weight is 250 g/mol. The second-order valence-electron chi connectivity index (χ2n) is 4.37. The number of esters is 1. The highest BCUT2D eigenvalue weighted by Crippen LogP contribution is 2.50. The summed E-state index contributed by atoms with van der Waals surface area (Å²) in [4.78, 5) is 11.7. The lowest BCUT2D eigenvalue weighted by Crippen LogP contribution is -2.26. The molecule has 88 valence electrons. The number of ether oxygens (including phenoxy) is 1. The van der Waals surface area contributed by atoms with Crippen molar-refractivity contribution in [1.82, 2.24) is 0 Å². The van der Waals surface area contributed by atoms with E-state index in [1.165, 1.54) is 7.11 Å². The quantitative estimate of drug-likeness (QED) is 0.640. The monoisotopic (exact) mass is 249 g/mol. The van der Waals surface area contributed by atoms with Crippen LogP contribution < -0.4 is 11.2 Å². The first kappa shape index (κ1) is 12.5. The van der Waals surface area contributed by atoms with Gasteiger partial charge in [-0.3, -0.25) is 0 Å². The van der Waals surface area contributed by atoms with E-state index in [-0.39, 0.29) is 5.41 Å². The average Bonchev–Trinajstić information content (AvgIpc) is 3.12. The topological polar surface area (TPSA) is 52.3 Å². The third-order valence-corrected chi connectivity index (χ3v) is 3.76. The van der Waals surface area contributed by atoms with Crippen LogP contribution in [0.25, 0.3) is 0 Å². The Balaban J connectivity index is 2.61. The number of halogens is 1. The lowest BCUT2D eigenvalue weighted by Gasteiger charge is -2.20. The van der Waals surface area contributed by atoms with Crippen molar-refractivity contribution in [1.29, 1.82) is 0 Å². The highest BCUT2D eigenvalue weighted by molar-refractivity contribution is 6.46. The number of benzene rings is 1. The van der Waals surface area contributed by atoms with E-state index >= 15 is 0 Å². The molecule has 0 aliphatic heterocycles. The standard InChI is InChI=1S/C12H13BClNO2/c1-17-11(16)7-2-3-8(13)10(14)9(7)12(6-15)4-5-12/h2-3H,4-6,15H2,1H3. The zero-order chi connectivity index (χ0) is 12.6. The van der Waals surface area contributed by atoms with Gasteiger partial charge in [0.25, 0.3) is 0 Å². The molecule has 3 nitrogen and oxygen atoms in total. The molecule has 0 unspecified atom stereocenters. The summed E-state index contributed by atoms with van der Waals surface area (Å²) in [6.07, 6.45) is 1.85. The Kier molecular flexibility index (Phi) is 3.19. The number of nitrogens with two attached hydrogens (primary N) is 1. The maximum Gasteiger partial charge on any atom is 0.338 e. The van der Waals surface area contributed by atoms with Crippen LogP contribution in [0, 0.1) is 0 Å². The Morgan fingerprint density at radius 1 is 1.59 bits per heavy atom. The van der Waals surface area contributed by atoms with E-state index in [4.69, 9.17) is 29.9 Å². The Bertz CT molecular complexity index is 472. The second-order valence-corrected chi connectivity index (χ2v) is 4.75. The first-order valence-electron chi connectivity index (χ1n) is 5.42. The van der Waals surface area contributed by atoms with E-state index in [2.05, 4.69) is 0 Å². The van der Waals surface area contributed by atoms with E-state index < -0.39 is 5.97 Å². The van der Waals surface area contributed by atoms with Crippen molar-refractivity contribution in [3.63, 3.8) is 0 Å². The van der Waals surface area contributed by atoms with Crippen molar-refractivity contribution in [2.75, 3.05) is 13.7 Å². The minimum Gasteiger partial charge on any atom is -0.465 e. The van der Waals surface area contributed by atoms with Crippen LogP contribution in [0.4, 0.5) is 0 Å². The van der Waals surface area contributed by atoms with Gasteiger partial charge in [0, 0.05) is 17.0 Å². The van der Waals surface area contributed by atoms with Crippen molar-refractivity contribution >= 4 is 30.9 Å². The fourth-order valence-electron chi connectivity index (χ4n) is 2.10. The van der Waals surface area contributed by atoms with Crippen molar-refractivity contribution in [2.24, 2.45) is 5.73 Å². The molecule has 0 atom stereocenters. The van der Waals surface area contributed by atoms with Gasteiger partial charge >= 0.3 is 5.97 Å². The number of rotatable bonds is 3. The van der Waals surface area contributed by atoms with Gasteiger partial charge in [-0.1, -0.05) is 23.1 Å². The van der Waals surface area contributed by atoms with Crippen LogP contribution in [-0.2, 0) is 10.2 Å². The molecule has 1 aromatic rings. The van der Waals surface area contributed by atoms with Crippen molar-refractivity contribution in [2.45, 2.75) is 18.3 Å². The first-order valence-corrected chi connectivity index (χ1v) is 5.80. The van der Waals surface area contributed by atoms with Crippen LogP contribution in [-0.4, -0.2) is 27.5 Å². The molecule has 2 radical (unpaired) electrons. The summed E-state index contributed by atoms with van der Waals surface area (Å²) in [5, 5.41) is 0.427. The summed E-state index contributed by atoms with van der Waals surface area (Å²) in [5.74, 6) is -0.401. The summed E-state index contributed by atoms with van der Waals surface area (Å²) in [6.45, 7) is 0.458. The molecule has 5 heteroatoms. The summed E-state index contributed by atoms with van der Waals surface area (Å²) in [6, 6.07) is 3.27. The summed E-state index contributed by atoms with van der Waals surface area (Å²) < 4.78 is 4.76. The zero-order valence-electron chi connectivity index (χ0n) is 9.63. The van der Waals surface area contributed by atoms with E-state index in [9.17, 15) is 4.79 Å². The Morgan fingerprint density at radius 3 is 2.71 bits per heavy atom. The van der Waals surface area contributed by atoms with Gasteiger partial charge in [-0.2, -0.15) is 0 Å². The minimum atomic E-state index is -0.401. The van der Waals surface area contributed by atoms with Gasteiger partial charge in [-0.05, 0) is 24.5 Å². The molecule has 1 aromatic carbocycles. The lowest BCUT2D eigenvalue weighted by molar-refractivity contribution is 0.0598. The van der Waals surface area contributed by atoms with Crippen LogP contribution >= 0.6 is 11.6 Å². The Morgan fingerprint density at radius 2 is 2.24 bits per heavy atom. The van der Waals surface area contributed by atoms with Crippen LogP contribution in [0.3, 0.4) is 0 Å². The van der Waals surface area contributed by atoms with E-state index in [1.807, 2.05) is 0 Å². The molecular weight excluding hydrogens is 236 g/mol. The molecule has 2 rings (SSSR count). The molecule has 17 heavy (non-hydrogen) atoms. The first-order chi connectivity index (χ1) is 8.05. The van der Waals surface area contributed by atoms with Gasteiger partial charge in [0.1, 0.15) is 7.85 Å². The van der Waals surface area contributed by atoms with E-state index in [0.29, 0.717) is 22.6 Å². The van der Waals surface area contributed by atoms with E-state index in [0.717, 1.165) is 18.4 Å². The molecule has 1 fully saturated rings. The van der Waals surface area contributed by atoms with Gasteiger partial charge in [0.2, 0.25) is 0 Å². The smallest absolute Gasteiger partial charge is 0.338 e. The summed E-state index contributed by atoms with van der Waals surface area (Å²) >= 11 is 6.21. The van der Waals surface area contributed by atoms with Gasteiger partial charge in [0.05, 0.1) is 12.7 Å². The van der Waals surface area contributed by atoms with Gasteiger partial charge in [-0.15, -0.1) is 0 Å². The van der Waals surface area contributed by atoms with Gasteiger partial charge < -0.3 is 10.5 Å². The molecule has 0 heterocycles. The maximum atomic E-state index is 11.7. The fraction of sp³-hybridized carbons (Fsp3) is 0.417. The Labute approximate surface area is 107 Å². The third kappa shape index (κ3) is 1.96. The number of methoxy groups -OCH3 is 1. The van der Waals surface area contributed by atoms with Gasteiger partial charge in [-0.25, -0.2) is 4.79 Å². The van der Waals surface area contributed by atoms with Crippen molar-refractivity contribution < 1.29 is 9.53 Å². The van der Waals surface area contributed by atoms with Crippen LogP contribution in [0.2, 0.25) is 5.02 Å².